The molecule has 20 aromatic carbocycles. The molecule has 0 aliphatic rings. The van der Waals surface area contributed by atoms with Gasteiger partial charge in [0.1, 0.15) is 28.7 Å². The summed E-state index contributed by atoms with van der Waals surface area (Å²) < 4.78 is 27.6. The van der Waals surface area contributed by atoms with Crippen molar-refractivity contribution in [3.05, 3.63) is 486 Å². The van der Waals surface area contributed by atoms with Crippen molar-refractivity contribution < 1.29 is 8.83 Å². The van der Waals surface area contributed by atoms with Crippen LogP contribution in [0, 0.1) is 0 Å². The fourth-order valence-corrected chi connectivity index (χ4v) is 24.0. The van der Waals surface area contributed by atoms with Gasteiger partial charge in [-0.05, 0) is 209 Å². The number of thiophene rings is 1. The maximum absolute atomic E-state index is 6.38. The molecule has 0 spiro atoms. The minimum Gasteiger partial charge on any atom is -0.438 e. The highest BCUT2D eigenvalue weighted by Gasteiger charge is 2.27. The quantitative estimate of drug-likeness (QED) is 0.125. The number of rotatable bonds is 11. The van der Waals surface area contributed by atoms with Gasteiger partial charge in [-0.2, -0.15) is 4.98 Å². The Morgan fingerprint density at radius 1 is 0.184 bits per heavy atom. The number of hydrogen-bond acceptors (Lipinski definition) is 9. The molecule has 0 N–H and O–H groups in total. The van der Waals surface area contributed by atoms with Crippen LogP contribution < -0.4 is 0 Å². The van der Waals surface area contributed by atoms with Crippen LogP contribution in [0.1, 0.15) is 0 Å². The fourth-order valence-electron chi connectivity index (χ4n) is 23.0. The topological polar surface area (TPSA) is 133 Å². The molecule has 14 nitrogen and oxygen atoms in total. The van der Waals surface area contributed by atoms with E-state index in [-0.39, 0.29) is 0 Å². The monoisotopic (exact) mass is 1900 g/mol. The van der Waals surface area contributed by atoms with Crippen LogP contribution in [-0.2, 0) is 0 Å². The number of para-hydroxylation sites is 11. The molecule has 0 saturated heterocycles. The number of nitrogens with zero attached hydrogens (tertiary/aromatic N) is 12. The van der Waals surface area contributed by atoms with Gasteiger partial charge in [-0.15, -0.1) is 11.3 Å². The van der Waals surface area contributed by atoms with Crippen molar-refractivity contribution >= 4 is 207 Å². The summed E-state index contributed by atoms with van der Waals surface area (Å²) in [6, 6.07) is 168. The van der Waals surface area contributed by atoms with Crippen molar-refractivity contribution in [3.63, 3.8) is 0 Å². The van der Waals surface area contributed by atoms with E-state index in [9.17, 15) is 0 Å². The third-order valence-corrected chi connectivity index (χ3v) is 30.6. The highest BCUT2D eigenvalue weighted by atomic mass is 32.1. The van der Waals surface area contributed by atoms with Crippen molar-refractivity contribution in [2.24, 2.45) is 0 Å². The second kappa shape index (κ2) is 33.5. The van der Waals surface area contributed by atoms with Crippen molar-refractivity contribution in [2.75, 3.05) is 0 Å². The molecule has 12 heterocycles. The third kappa shape index (κ3) is 13.3. The average molecular weight is 1900 g/mol. The number of fused-ring (bicyclic) bond motifs is 27. The Morgan fingerprint density at radius 2 is 0.483 bits per heavy atom. The summed E-state index contributed by atoms with van der Waals surface area (Å²) in [5.41, 5.74) is 32.2. The summed E-state index contributed by atoms with van der Waals surface area (Å²) in [6.07, 6.45) is 3.28. The van der Waals surface area contributed by atoms with Crippen molar-refractivity contribution in [1.82, 2.24) is 57.3 Å². The Morgan fingerprint density at radius 3 is 0.905 bits per heavy atom. The van der Waals surface area contributed by atoms with Crippen LogP contribution in [-0.4, -0.2) is 57.3 Å². The number of benzene rings is 20. The van der Waals surface area contributed by atoms with Gasteiger partial charge in [0, 0.05) is 125 Å². The summed E-state index contributed by atoms with van der Waals surface area (Å²) in [7, 11) is 0. The van der Waals surface area contributed by atoms with Crippen LogP contribution in [0.2, 0.25) is 0 Å². The van der Waals surface area contributed by atoms with Gasteiger partial charge in [0.25, 0.3) is 0 Å². The highest BCUT2D eigenvalue weighted by molar-refractivity contribution is 7.25. The Hall–Kier alpha value is -19.7. The van der Waals surface area contributed by atoms with Gasteiger partial charge >= 0.3 is 0 Å². The summed E-state index contributed by atoms with van der Waals surface area (Å²) in [6.45, 7) is 0. The lowest BCUT2D eigenvalue weighted by atomic mass is 10.0. The van der Waals surface area contributed by atoms with Crippen LogP contribution in [0.15, 0.2) is 495 Å². The van der Waals surface area contributed by atoms with Gasteiger partial charge in [-0.1, -0.05) is 297 Å². The lowest BCUT2D eigenvalue weighted by Crippen LogP contribution is -2.02. The predicted octanol–water partition coefficient (Wildman–Crippen LogP) is 34.5. The highest BCUT2D eigenvalue weighted by Crippen LogP contribution is 2.48. The summed E-state index contributed by atoms with van der Waals surface area (Å²) in [4.78, 5) is 30.1. The second-order valence-corrected chi connectivity index (χ2v) is 38.6. The van der Waals surface area contributed by atoms with Crippen molar-refractivity contribution in [2.45, 2.75) is 0 Å². The molecule has 0 fully saturated rings. The predicted molar refractivity (Wildman–Crippen MR) is 607 cm³/mol. The number of hydrogen-bond donors (Lipinski definition) is 0. The SMILES string of the molecule is c1ccc(-c2nc(-n3c4ccccc4c4cc(-c5ccc6c(c5)c5ccccc5n6-c5ccccc5)ccc43)nc3oc4ccccc4c23)cc1.c1ccc(-n2c3ccccc3c3cc(-c4ccc5c(c4)c4ccccc4n5-c4ccc(-c5ncnc6sc7ccccc7c56)cc4)ccc32)cc1.c1ccc(-n2c3ccccc3c3cc(-c4ccc5c(c4)c4ccccc4n5-c4ncnc5oc6ccccc6c45)ccc32)cc1. The van der Waals surface area contributed by atoms with E-state index >= 15 is 0 Å². The summed E-state index contributed by atoms with van der Waals surface area (Å²) in [5, 5.41) is 20.8. The smallest absolute Gasteiger partial charge is 0.238 e. The maximum atomic E-state index is 6.38. The lowest BCUT2D eigenvalue weighted by Gasteiger charge is -2.10. The first-order chi connectivity index (χ1) is 72.9. The van der Waals surface area contributed by atoms with Crippen LogP contribution in [0.4, 0.5) is 0 Å². The van der Waals surface area contributed by atoms with Crippen LogP contribution in [0.5, 0.6) is 0 Å². The molecule has 0 unspecified atom stereocenters. The molecule has 0 aliphatic carbocycles. The Kier molecular flexibility index (Phi) is 18.9. The normalized spacial score (nSPS) is 11.9. The van der Waals surface area contributed by atoms with E-state index in [1.165, 1.54) is 142 Å². The average Bonchev–Trinajstić information content (AvgIpc) is 1.57. The minimum absolute atomic E-state index is 0.575. The molecule has 147 heavy (non-hydrogen) atoms. The second-order valence-electron chi connectivity index (χ2n) is 37.6. The molecule has 0 radical (unpaired) electrons. The first-order valence-electron chi connectivity index (χ1n) is 49.4. The number of aromatic nitrogens is 12. The standard InChI is InChI=1S/C46H28N4O.C46H28N4S.C40H24N4O/c1-3-13-29(14-4-1)44-43-35-19-9-12-22-42(35)51-45(43)48-46(47-44)50-39-21-11-8-18-34(39)37-28-31(24-26-41(37)50)30-23-25-40-36(27-30)33-17-7-10-20-38(33)49(40)32-15-5-2-6-16-32;1-2-10-32(11-3-1)49-39-15-7-4-12-34(39)37-26-30(20-24-41(37)49)31-21-25-42-38(27-31)35-13-5-8-16-40(35)50(42)33-22-18-29(19-23-33)45-44-36-14-6-9-17-43(36)51-46(44)48-28-47-45;1-2-10-27(11-3-1)43-33-15-7-4-12-28(33)31-22-25(18-20-35(31)43)26-19-21-36-32(23-26)29-13-5-8-16-34(29)44(36)39-38-30-14-6-9-17-37(30)45-40(38)42-24-41-39/h2*1-28H;1-24H. The van der Waals surface area contributed by atoms with E-state index in [2.05, 4.69) is 456 Å². The van der Waals surface area contributed by atoms with Crippen LogP contribution in [0.25, 0.3) is 286 Å². The molecule has 0 atom stereocenters. The Balaban J connectivity index is 0.000000102. The zero-order chi connectivity index (χ0) is 96.4. The van der Waals surface area contributed by atoms with Crippen LogP contribution in [0.3, 0.4) is 0 Å². The van der Waals surface area contributed by atoms with Gasteiger partial charge in [-0.25, -0.2) is 24.9 Å². The summed E-state index contributed by atoms with van der Waals surface area (Å²) >= 11 is 1.72. The molecule has 0 aliphatic heterocycles. The first-order valence-corrected chi connectivity index (χ1v) is 50.2. The van der Waals surface area contributed by atoms with E-state index in [1.807, 2.05) is 54.6 Å². The van der Waals surface area contributed by atoms with Gasteiger partial charge in [0.15, 0.2) is 5.82 Å². The largest absolute Gasteiger partial charge is 0.438 e. The van der Waals surface area contributed by atoms with E-state index < -0.39 is 0 Å². The minimum atomic E-state index is 0.575. The molecular weight excluding hydrogens is 1820 g/mol. The Bertz CT molecular complexity index is 11000. The van der Waals surface area contributed by atoms with E-state index in [1.54, 1.807) is 24.0 Å². The molecular formula is C132H80N12O2S. The zero-order valence-electron chi connectivity index (χ0n) is 78.8. The lowest BCUT2D eigenvalue weighted by molar-refractivity contribution is 0.651. The maximum Gasteiger partial charge on any atom is 0.238 e. The molecule has 12 aromatic heterocycles. The molecule has 0 saturated carbocycles. The summed E-state index contributed by atoms with van der Waals surface area (Å²) in [5.74, 6) is 1.40. The third-order valence-electron chi connectivity index (χ3n) is 29.5. The molecule has 0 amide bonds. The molecule has 686 valence electrons. The van der Waals surface area contributed by atoms with E-state index in [0.29, 0.717) is 17.4 Å². The van der Waals surface area contributed by atoms with Crippen molar-refractivity contribution in [1.29, 1.82) is 0 Å². The van der Waals surface area contributed by atoms with E-state index in [0.717, 1.165) is 127 Å². The molecule has 32 aromatic rings. The molecule has 0 bridgehead atoms. The molecule has 15 heteroatoms. The Labute approximate surface area is 843 Å². The van der Waals surface area contributed by atoms with Gasteiger partial charge in [0.2, 0.25) is 17.4 Å². The van der Waals surface area contributed by atoms with Crippen molar-refractivity contribution in [3.8, 4) is 90.4 Å². The van der Waals surface area contributed by atoms with Gasteiger partial charge in [0.05, 0.1) is 88.4 Å². The van der Waals surface area contributed by atoms with Gasteiger partial charge in [-0.3, -0.25) is 9.13 Å². The number of furan rings is 2. The van der Waals surface area contributed by atoms with Crippen LogP contribution >= 0.6 is 11.3 Å². The molecule has 32 rings (SSSR count). The van der Waals surface area contributed by atoms with Gasteiger partial charge < -0.3 is 27.1 Å². The fraction of sp³-hybridized carbons (Fsp3) is 0. The zero-order valence-corrected chi connectivity index (χ0v) is 79.6. The first kappa shape index (κ1) is 83.1. The van der Waals surface area contributed by atoms with E-state index in [4.69, 9.17) is 28.8 Å².